The zero-order chi connectivity index (χ0) is 19.8. The molecule has 6 nitrogen and oxygen atoms in total. The summed E-state index contributed by atoms with van der Waals surface area (Å²) in [4.78, 5) is 40.1. The van der Waals surface area contributed by atoms with E-state index in [2.05, 4.69) is 0 Å². The van der Waals surface area contributed by atoms with Crippen LogP contribution in [-0.4, -0.2) is 64.6 Å². The zero-order valence-electron chi connectivity index (χ0n) is 16.0. The van der Waals surface area contributed by atoms with E-state index in [-0.39, 0.29) is 24.1 Å². The van der Waals surface area contributed by atoms with Gasteiger partial charge in [0, 0.05) is 24.5 Å². The molecule has 0 spiro atoms. The molecule has 0 heterocycles. The molecule has 0 aliphatic heterocycles. The summed E-state index contributed by atoms with van der Waals surface area (Å²) in [6, 6.07) is 7.38. The molecule has 1 N–H and O–H groups in total. The minimum atomic E-state index is -1.04. The second-order valence-corrected chi connectivity index (χ2v) is 7.81. The molecular weight excluding hydrogens is 364 g/mol. The van der Waals surface area contributed by atoms with Crippen molar-refractivity contribution in [3.8, 4) is 0 Å². The van der Waals surface area contributed by atoms with Crippen molar-refractivity contribution in [2.45, 2.75) is 50.0 Å². The maximum Gasteiger partial charge on any atom is 0.323 e. The van der Waals surface area contributed by atoms with Crippen LogP contribution in [0.1, 0.15) is 49.4 Å². The standard InChI is InChI=1S/C20H28N2O4S/c1-3-22(13-19(24)25)20(26)16-11-7-8-12-17(16)27-14-18(23)21(2)15-9-5-4-6-10-15/h7-8,11-12,15H,3-6,9-10,13-14H2,1-2H3,(H,24,25). The Labute approximate surface area is 164 Å². The van der Waals surface area contributed by atoms with Crippen LogP contribution in [0, 0.1) is 0 Å². The van der Waals surface area contributed by atoms with Crippen molar-refractivity contribution in [3.05, 3.63) is 29.8 Å². The van der Waals surface area contributed by atoms with E-state index in [1.165, 1.54) is 35.9 Å². The minimum absolute atomic E-state index is 0.0621. The lowest BCUT2D eigenvalue weighted by molar-refractivity contribution is -0.137. The molecular formula is C20H28N2O4S. The Morgan fingerprint density at radius 1 is 1.15 bits per heavy atom. The van der Waals surface area contributed by atoms with Gasteiger partial charge in [-0.25, -0.2) is 0 Å². The van der Waals surface area contributed by atoms with Gasteiger partial charge in [0.2, 0.25) is 5.91 Å². The first kappa shape index (κ1) is 21.3. The first-order valence-electron chi connectivity index (χ1n) is 9.42. The Morgan fingerprint density at radius 3 is 2.44 bits per heavy atom. The molecule has 0 saturated heterocycles. The topological polar surface area (TPSA) is 77.9 Å². The van der Waals surface area contributed by atoms with E-state index >= 15 is 0 Å². The van der Waals surface area contributed by atoms with E-state index in [9.17, 15) is 14.4 Å². The number of amides is 2. The van der Waals surface area contributed by atoms with E-state index in [0.29, 0.717) is 23.0 Å². The van der Waals surface area contributed by atoms with Gasteiger partial charge in [-0.2, -0.15) is 0 Å². The summed E-state index contributed by atoms with van der Waals surface area (Å²) < 4.78 is 0. The number of nitrogens with zero attached hydrogens (tertiary/aromatic N) is 2. The molecule has 1 saturated carbocycles. The third-order valence-corrected chi connectivity index (χ3v) is 6.04. The van der Waals surface area contributed by atoms with Gasteiger partial charge in [-0.15, -0.1) is 11.8 Å². The number of benzene rings is 1. The van der Waals surface area contributed by atoms with Crippen LogP contribution in [0.5, 0.6) is 0 Å². The number of rotatable bonds is 8. The molecule has 1 aromatic carbocycles. The third kappa shape index (κ3) is 5.99. The number of carboxylic acid groups (broad SMARTS) is 1. The highest BCUT2D eigenvalue weighted by Crippen LogP contribution is 2.26. The number of carboxylic acids is 1. The number of aliphatic carboxylic acids is 1. The molecule has 0 bridgehead atoms. The van der Waals surface area contributed by atoms with Crippen LogP contribution in [0.15, 0.2) is 29.2 Å². The van der Waals surface area contributed by atoms with Crippen LogP contribution in [-0.2, 0) is 9.59 Å². The lowest BCUT2D eigenvalue weighted by Gasteiger charge is -2.31. The van der Waals surface area contributed by atoms with Crippen molar-refractivity contribution in [1.82, 2.24) is 9.80 Å². The molecule has 0 radical (unpaired) electrons. The fourth-order valence-electron chi connectivity index (χ4n) is 3.34. The summed E-state index contributed by atoms with van der Waals surface area (Å²) in [7, 11) is 1.86. The number of hydrogen-bond acceptors (Lipinski definition) is 4. The highest BCUT2D eigenvalue weighted by molar-refractivity contribution is 8.00. The fourth-order valence-corrected chi connectivity index (χ4v) is 4.31. The molecule has 27 heavy (non-hydrogen) atoms. The van der Waals surface area contributed by atoms with Crippen molar-refractivity contribution in [2.75, 3.05) is 25.9 Å². The van der Waals surface area contributed by atoms with Gasteiger partial charge in [0.1, 0.15) is 6.54 Å². The van der Waals surface area contributed by atoms with Gasteiger partial charge in [-0.05, 0) is 31.9 Å². The van der Waals surface area contributed by atoms with Crippen LogP contribution < -0.4 is 0 Å². The third-order valence-electron chi connectivity index (χ3n) is 4.98. The lowest BCUT2D eigenvalue weighted by Crippen LogP contribution is -2.39. The van der Waals surface area contributed by atoms with Crippen molar-refractivity contribution in [2.24, 2.45) is 0 Å². The molecule has 2 amide bonds. The number of likely N-dealkylation sites (N-methyl/N-ethyl adjacent to an activating group) is 1. The number of hydrogen-bond donors (Lipinski definition) is 1. The first-order chi connectivity index (χ1) is 12.9. The number of thioether (sulfide) groups is 1. The Bertz CT molecular complexity index is 674. The molecule has 1 fully saturated rings. The maximum absolute atomic E-state index is 12.7. The SMILES string of the molecule is CCN(CC(=O)O)C(=O)c1ccccc1SCC(=O)N(C)C1CCCCC1. The van der Waals surface area contributed by atoms with Crippen LogP contribution >= 0.6 is 11.8 Å². The summed E-state index contributed by atoms with van der Waals surface area (Å²) in [6.07, 6.45) is 5.70. The molecule has 0 unspecified atom stereocenters. The molecule has 1 aromatic rings. The van der Waals surface area contributed by atoms with Crippen LogP contribution in [0.3, 0.4) is 0 Å². The van der Waals surface area contributed by atoms with Gasteiger partial charge in [0.15, 0.2) is 0 Å². The molecule has 7 heteroatoms. The molecule has 148 valence electrons. The summed E-state index contributed by atoms with van der Waals surface area (Å²) >= 11 is 1.34. The predicted molar refractivity (Wildman–Crippen MR) is 106 cm³/mol. The van der Waals surface area contributed by atoms with Crippen molar-refractivity contribution in [3.63, 3.8) is 0 Å². The van der Waals surface area contributed by atoms with Crippen LogP contribution in [0.25, 0.3) is 0 Å². The summed E-state index contributed by atoms with van der Waals surface area (Å²) in [6.45, 7) is 1.73. The molecule has 0 aromatic heterocycles. The average Bonchev–Trinajstić information content (AvgIpc) is 2.69. The quantitative estimate of drug-likeness (QED) is 0.688. The Balaban J connectivity index is 2.03. The smallest absolute Gasteiger partial charge is 0.323 e. The van der Waals surface area contributed by atoms with E-state index in [0.717, 1.165) is 12.8 Å². The summed E-state index contributed by atoms with van der Waals surface area (Å²) in [5.41, 5.74) is 0.443. The summed E-state index contributed by atoms with van der Waals surface area (Å²) in [5, 5.41) is 8.99. The van der Waals surface area contributed by atoms with Gasteiger partial charge in [-0.1, -0.05) is 31.4 Å². The number of carbonyl (C=O) groups is 3. The Morgan fingerprint density at radius 2 is 1.81 bits per heavy atom. The zero-order valence-corrected chi connectivity index (χ0v) is 16.8. The maximum atomic E-state index is 12.7. The van der Waals surface area contributed by atoms with Gasteiger partial charge in [-0.3, -0.25) is 14.4 Å². The normalized spacial score (nSPS) is 14.6. The van der Waals surface area contributed by atoms with E-state index in [1.54, 1.807) is 25.1 Å². The molecule has 1 aliphatic carbocycles. The van der Waals surface area contributed by atoms with Gasteiger partial charge < -0.3 is 14.9 Å². The van der Waals surface area contributed by atoms with Gasteiger partial charge >= 0.3 is 5.97 Å². The predicted octanol–water partition coefficient (Wildman–Crippen LogP) is 3.12. The van der Waals surface area contributed by atoms with Crippen molar-refractivity contribution >= 4 is 29.5 Å². The fraction of sp³-hybridized carbons (Fsp3) is 0.550. The van der Waals surface area contributed by atoms with Crippen LogP contribution in [0.4, 0.5) is 0 Å². The molecule has 2 rings (SSSR count). The number of carbonyl (C=O) groups excluding carboxylic acids is 2. The van der Waals surface area contributed by atoms with Gasteiger partial charge in [0.25, 0.3) is 5.91 Å². The van der Waals surface area contributed by atoms with Crippen molar-refractivity contribution < 1.29 is 19.5 Å². The summed E-state index contributed by atoms with van der Waals surface area (Å²) in [5.74, 6) is -1.04. The van der Waals surface area contributed by atoms with Gasteiger partial charge in [0.05, 0.1) is 11.3 Å². The van der Waals surface area contributed by atoms with Crippen LogP contribution in [0.2, 0.25) is 0 Å². The highest BCUT2D eigenvalue weighted by atomic mass is 32.2. The Hall–Kier alpha value is -2.02. The first-order valence-corrected chi connectivity index (χ1v) is 10.4. The van der Waals surface area contributed by atoms with Crippen molar-refractivity contribution in [1.29, 1.82) is 0 Å². The molecule has 1 aliphatic rings. The minimum Gasteiger partial charge on any atom is -0.480 e. The van der Waals surface area contributed by atoms with E-state index < -0.39 is 5.97 Å². The Kier molecular flexibility index (Phi) is 8.16. The molecule has 0 atom stereocenters. The lowest BCUT2D eigenvalue weighted by atomic mass is 9.94. The average molecular weight is 393 g/mol. The highest BCUT2D eigenvalue weighted by Gasteiger charge is 2.23. The monoisotopic (exact) mass is 392 g/mol. The van der Waals surface area contributed by atoms with E-state index in [4.69, 9.17) is 5.11 Å². The largest absolute Gasteiger partial charge is 0.480 e. The van der Waals surface area contributed by atoms with E-state index in [1.807, 2.05) is 18.0 Å². The second-order valence-electron chi connectivity index (χ2n) is 6.79. The second kappa shape index (κ2) is 10.3.